The standard InChI is InChI=1S/C15H18ClN3O2/c16-12-3-4-13(17-9-12)18-14(20)10-5-7-19(8-6-10)15(21)11-1-2-11/h3-4,9-11H,1-2,5-8H2,(H,17,18,20). The van der Waals surface area contributed by atoms with Crippen molar-refractivity contribution in [2.24, 2.45) is 11.8 Å². The molecule has 6 heteroatoms. The van der Waals surface area contributed by atoms with Gasteiger partial charge in [0.2, 0.25) is 11.8 Å². The van der Waals surface area contributed by atoms with E-state index in [1.54, 1.807) is 12.1 Å². The van der Waals surface area contributed by atoms with Gasteiger partial charge >= 0.3 is 0 Å². The van der Waals surface area contributed by atoms with Gasteiger partial charge in [0, 0.05) is 31.1 Å². The highest BCUT2D eigenvalue weighted by Gasteiger charge is 2.35. The van der Waals surface area contributed by atoms with Crippen molar-refractivity contribution in [3.63, 3.8) is 0 Å². The summed E-state index contributed by atoms with van der Waals surface area (Å²) >= 11 is 5.76. The van der Waals surface area contributed by atoms with Crippen LogP contribution in [0.1, 0.15) is 25.7 Å². The van der Waals surface area contributed by atoms with Crippen LogP contribution in [0.15, 0.2) is 18.3 Å². The van der Waals surface area contributed by atoms with Gasteiger partial charge in [0.15, 0.2) is 0 Å². The van der Waals surface area contributed by atoms with Crippen molar-refractivity contribution in [2.75, 3.05) is 18.4 Å². The predicted octanol–water partition coefficient (Wildman–Crippen LogP) is 2.32. The number of rotatable bonds is 3. The van der Waals surface area contributed by atoms with Crippen LogP contribution in [0.2, 0.25) is 5.02 Å². The molecule has 3 rings (SSSR count). The highest BCUT2D eigenvalue weighted by atomic mass is 35.5. The van der Waals surface area contributed by atoms with Crippen molar-refractivity contribution in [3.8, 4) is 0 Å². The number of carbonyl (C=O) groups excluding carboxylic acids is 2. The maximum Gasteiger partial charge on any atom is 0.228 e. The lowest BCUT2D eigenvalue weighted by atomic mass is 9.95. The van der Waals surface area contributed by atoms with Gasteiger partial charge in [-0.15, -0.1) is 0 Å². The molecule has 2 fully saturated rings. The summed E-state index contributed by atoms with van der Waals surface area (Å²) in [6, 6.07) is 3.38. The third-order valence-corrected chi connectivity index (χ3v) is 4.31. The van der Waals surface area contributed by atoms with E-state index in [1.165, 1.54) is 6.20 Å². The Kier molecular flexibility index (Phi) is 4.10. The van der Waals surface area contributed by atoms with E-state index in [0.29, 0.717) is 23.9 Å². The quantitative estimate of drug-likeness (QED) is 0.932. The molecule has 1 aromatic heterocycles. The highest BCUT2D eigenvalue weighted by Crippen LogP contribution is 2.32. The molecule has 0 aromatic carbocycles. The molecule has 1 aliphatic carbocycles. The van der Waals surface area contributed by atoms with Gasteiger partial charge in [-0.3, -0.25) is 9.59 Å². The molecule has 2 amide bonds. The maximum atomic E-state index is 12.2. The van der Waals surface area contributed by atoms with Crippen molar-refractivity contribution < 1.29 is 9.59 Å². The topological polar surface area (TPSA) is 62.3 Å². The van der Waals surface area contributed by atoms with Gasteiger partial charge in [0.05, 0.1) is 5.02 Å². The molecule has 5 nitrogen and oxygen atoms in total. The second-order valence-electron chi connectivity index (χ2n) is 5.72. The van der Waals surface area contributed by atoms with Crippen LogP contribution in [-0.2, 0) is 9.59 Å². The minimum atomic E-state index is -0.0502. The van der Waals surface area contributed by atoms with Crippen LogP contribution in [-0.4, -0.2) is 34.8 Å². The molecule has 1 aliphatic heterocycles. The lowest BCUT2D eigenvalue weighted by Gasteiger charge is -2.31. The van der Waals surface area contributed by atoms with Crippen LogP contribution in [0.3, 0.4) is 0 Å². The van der Waals surface area contributed by atoms with E-state index in [0.717, 1.165) is 25.7 Å². The number of pyridine rings is 1. The van der Waals surface area contributed by atoms with Gasteiger partial charge in [-0.1, -0.05) is 11.6 Å². The van der Waals surface area contributed by atoms with Crippen LogP contribution < -0.4 is 5.32 Å². The molecule has 21 heavy (non-hydrogen) atoms. The van der Waals surface area contributed by atoms with Crippen LogP contribution in [0.25, 0.3) is 0 Å². The van der Waals surface area contributed by atoms with Gasteiger partial charge < -0.3 is 10.2 Å². The minimum absolute atomic E-state index is 0.0247. The van der Waals surface area contributed by atoms with E-state index in [9.17, 15) is 9.59 Å². The fraction of sp³-hybridized carbons (Fsp3) is 0.533. The van der Waals surface area contributed by atoms with Gasteiger partial charge in [-0.05, 0) is 37.8 Å². The van der Waals surface area contributed by atoms with Gasteiger partial charge in [-0.2, -0.15) is 0 Å². The summed E-state index contributed by atoms with van der Waals surface area (Å²) < 4.78 is 0. The predicted molar refractivity (Wildman–Crippen MR) is 79.9 cm³/mol. The number of anilines is 1. The normalized spacial score (nSPS) is 19.4. The lowest BCUT2D eigenvalue weighted by Crippen LogP contribution is -2.42. The third kappa shape index (κ3) is 3.53. The number of nitrogens with one attached hydrogen (secondary N) is 1. The lowest BCUT2D eigenvalue weighted by molar-refractivity contribution is -0.135. The monoisotopic (exact) mass is 307 g/mol. The first kappa shape index (κ1) is 14.3. The number of aromatic nitrogens is 1. The van der Waals surface area contributed by atoms with Crippen molar-refractivity contribution >= 4 is 29.2 Å². The number of hydrogen-bond acceptors (Lipinski definition) is 3. The summed E-state index contributed by atoms with van der Waals surface area (Å²) in [6.45, 7) is 1.36. The van der Waals surface area contributed by atoms with Crippen LogP contribution in [0, 0.1) is 11.8 Å². The summed E-state index contributed by atoms with van der Waals surface area (Å²) in [7, 11) is 0. The molecule has 2 aliphatic rings. The number of nitrogens with zero attached hydrogens (tertiary/aromatic N) is 2. The zero-order valence-corrected chi connectivity index (χ0v) is 12.5. The molecule has 1 N–H and O–H groups in total. The fourth-order valence-electron chi connectivity index (χ4n) is 2.63. The van der Waals surface area contributed by atoms with E-state index in [-0.39, 0.29) is 23.7 Å². The number of hydrogen-bond donors (Lipinski definition) is 1. The zero-order valence-electron chi connectivity index (χ0n) is 11.7. The Hall–Kier alpha value is -1.62. The van der Waals surface area contributed by atoms with Crippen LogP contribution >= 0.6 is 11.6 Å². The molecule has 112 valence electrons. The Morgan fingerprint density at radius 1 is 1.14 bits per heavy atom. The van der Waals surface area contributed by atoms with E-state index < -0.39 is 0 Å². The molecule has 0 radical (unpaired) electrons. The van der Waals surface area contributed by atoms with Gasteiger partial charge in [0.25, 0.3) is 0 Å². The average molecular weight is 308 g/mol. The van der Waals surface area contributed by atoms with E-state index in [2.05, 4.69) is 10.3 Å². The molecule has 1 saturated carbocycles. The fourth-order valence-corrected chi connectivity index (χ4v) is 2.74. The molecule has 0 unspecified atom stereocenters. The smallest absolute Gasteiger partial charge is 0.228 e. The van der Waals surface area contributed by atoms with Gasteiger partial charge in [-0.25, -0.2) is 4.98 Å². The summed E-state index contributed by atoms with van der Waals surface area (Å²) in [4.78, 5) is 30.1. The molecule has 1 aromatic rings. The van der Waals surface area contributed by atoms with Crippen molar-refractivity contribution in [1.82, 2.24) is 9.88 Å². The Morgan fingerprint density at radius 3 is 2.43 bits per heavy atom. The first-order chi connectivity index (χ1) is 10.1. The van der Waals surface area contributed by atoms with Crippen molar-refractivity contribution in [2.45, 2.75) is 25.7 Å². The number of amides is 2. The molecule has 0 spiro atoms. The maximum absolute atomic E-state index is 12.2. The third-order valence-electron chi connectivity index (χ3n) is 4.08. The second-order valence-corrected chi connectivity index (χ2v) is 6.16. The van der Waals surface area contributed by atoms with Crippen LogP contribution in [0.4, 0.5) is 5.82 Å². The molecule has 1 saturated heterocycles. The molecular formula is C15H18ClN3O2. The first-order valence-electron chi connectivity index (χ1n) is 7.34. The summed E-state index contributed by atoms with van der Waals surface area (Å²) in [5, 5.41) is 3.35. The molecular weight excluding hydrogens is 290 g/mol. The summed E-state index contributed by atoms with van der Waals surface area (Å²) in [5.74, 6) is 0.969. The summed E-state index contributed by atoms with van der Waals surface area (Å²) in [6.07, 6.45) is 5.01. The van der Waals surface area contributed by atoms with E-state index >= 15 is 0 Å². The first-order valence-corrected chi connectivity index (χ1v) is 7.72. The SMILES string of the molecule is O=C(Nc1ccc(Cl)cn1)C1CCN(C(=O)C2CC2)CC1. The Morgan fingerprint density at radius 2 is 1.86 bits per heavy atom. The van der Waals surface area contributed by atoms with Crippen molar-refractivity contribution in [3.05, 3.63) is 23.4 Å². The Labute approximate surface area is 128 Å². The summed E-state index contributed by atoms with van der Waals surface area (Å²) in [5.41, 5.74) is 0. The van der Waals surface area contributed by atoms with E-state index in [4.69, 9.17) is 11.6 Å². The zero-order chi connectivity index (χ0) is 14.8. The number of carbonyl (C=O) groups is 2. The minimum Gasteiger partial charge on any atom is -0.342 e. The number of halogens is 1. The Balaban J connectivity index is 1.50. The largest absolute Gasteiger partial charge is 0.342 e. The average Bonchev–Trinajstić information content (AvgIpc) is 3.34. The molecule has 2 heterocycles. The highest BCUT2D eigenvalue weighted by molar-refractivity contribution is 6.30. The second kappa shape index (κ2) is 6.02. The molecule has 0 bridgehead atoms. The Bertz CT molecular complexity index is 534. The number of likely N-dealkylation sites (tertiary alicyclic amines) is 1. The van der Waals surface area contributed by atoms with Gasteiger partial charge in [0.1, 0.15) is 5.82 Å². The van der Waals surface area contributed by atoms with E-state index in [1.807, 2.05) is 4.90 Å². The molecule has 0 atom stereocenters. The van der Waals surface area contributed by atoms with Crippen LogP contribution in [0.5, 0.6) is 0 Å². The number of piperidine rings is 1. The van der Waals surface area contributed by atoms with Crippen molar-refractivity contribution in [1.29, 1.82) is 0 Å².